The summed E-state index contributed by atoms with van der Waals surface area (Å²) in [5, 5.41) is 5.49. The minimum atomic E-state index is 0.0000419. The quantitative estimate of drug-likeness (QED) is 0.116. The van der Waals surface area contributed by atoms with Gasteiger partial charge in [-0.25, -0.2) is 24.6 Å². The van der Waals surface area contributed by atoms with Gasteiger partial charge in [0.25, 0.3) is 6.01 Å². The van der Waals surface area contributed by atoms with E-state index in [0.29, 0.717) is 117 Å². The van der Waals surface area contributed by atoms with Crippen molar-refractivity contribution in [3.63, 3.8) is 0 Å². The Labute approximate surface area is 270 Å². The van der Waals surface area contributed by atoms with Crippen molar-refractivity contribution in [2.24, 2.45) is 5.73 Å². The number of benzene rings is 1. The Bertz CT molecular complexity index is 1850. The van der Waals surface area contributed by atoms with Crippen molar-refractivity contribution in [3.8, 4) is 11.3 Å². The summed E-state index contributed by atoms with van der Waals surface area (Å²) in [7, 11) is 0. The number of aromatic nitrogens is 7. The maximum atomic E-state index is 12.9. The van der Waals surface area contributed by atoms with E-state index in [4.69, 9.17) is 31.5 Å². The molecule has 47 heavy (non-hydrogen) atoms. The molecule has 1 aliphatic heterocycles. The first-order valence-corrected chi connectivity index (χ1v) is 15.7. The Morgan fingerprint density at radius 2 is 1.74 bits per heavy atom. The van der Waals surface area contributed by atoms with Crippen LogP contribution in [0.1, 0.15) is 42.5 Å². The van der Waals surface area contributed by atoms with E-state index in [1.807, 2.05) is 26.6 Å². The molecule has 0 aliphatic carbocycles. The molecule has 1 saturated heterocycles. The summed E-state index contributed by atoms with van der Waals surface area (Å²) < 4.78 is 12.5. The van der Waals surface area contributed by atoms with Crippen molar-refractivity contribution in [2.75, 3.05) is 62.3 Å². The van der Waals surface area contributed by atoms with Gasteiger partial charge in [0.1, 0.15) is 23.4 Å². The minimum absolute atomic E-state index is 0.0000419. The number of piperazine rings is 1. The first-order valence-electron chi connectivity index (χ1n) is 15.7. The van der Waals surface area contributed by atoms with E-state index >= 15 is 0 Å². The molecule has 6 N–H and O–H groups in total. The number of amides is 1. The molecule has 0 bridgehead atoms. The van der Waals surface area contributed by atoms with E-state index in [2.05, 4.69) is 24.9 Å². The molecular formula is C31H38N12O4. The third-order valence-electron chi connectivity index (χ3n) is 8.11. The third-order valence-corrected chi connectivity index (χ3v) is 8.11. The lowest BCUT2D eigenvalue weighted by atomic mass is 10.1. The molecule has 5 aromatic rings. The Kier molecular flexibility index (Phi) is 9.78. The van der Waals surface area contributed by atoms with Crippen LogP contribution >= 0.6 is 0 Å². The topological polar surface area (TPSA) is 223 Å². The van der Waals surface area contributed by atoms with E-state index < -0.39 is 0 Å². The summed E-state index contributed by atoms with van der Waals surface area (Å²) in [5.41, 5.74) is 21.2. The number of anilines is 3. The van der Waals surface area contributed by atoms with Gasteiger partial charge < -0.3 is 36.2 Å². The Hall–Kier alpha value is -5.22. The molecule has 1 aliphatic rings. The number of unbranched alkanes of at least 4 members (excludes halogenated alkanes) is 2. The second-order valence-electron chi connectivity index (χ2n) is 11.3. The average molecular weight is 643 g/mol. The lowest BCUT2D eigenvalue weighted by molar-refractivity contribution is -0.132. The Morgan fingerprint density at radius 3 is 2.53 bits per heavy atom. The van der Waals surface area contributed by atoms with Crippen LogP contribution in [0, 0.1) is 0 Å². The van der Waals surface area contributed by atoms with Crippen molar-refractivity contribution in [1.29, 1.82) is 0 Å². The van der Waals surface area contributed by atoms with Gasteiger partial charge in [0.05, 0.1) is 30.6 Å². The SMILES string of the molecule is NCCOCCC(=O)N1CCN(c2ncc(C(=O)CCCCCn3nc(-c4ccc5oc(N)nc5c4)c4c(N)ncnc43)cn2)CC1. The van der Waals surface area contributed by atoms with Gasteiger partial charge in [-0.15, -0.1) is 0 Å². The first kappa shape index (κ1) is 31.7. The highest BCUT2D eigenvalue weighted by Gasteiger charge is 2.23. The molecule has 246 valence electrons. The number of hydrogen-bond acceptors (Lipinski definition) is 14. The molecule has 4 aromatic heterocycles. The third kappa shape index (κ3) is 7.28. The highest BCUT2D eigenvalue weighted by molar-refractivity contribution is 5.99. The number of aryl methyl sites for hydroxylation is 1. The normalized spacial score (nSPS) is 13.6. The number of oxazole rings is 1. The van der Waals surface area contributed by atoms with Gasteiger partial charge in [-0.1, -0.05) is 6.42 Å². The summed E-state index contributed by atoms with van der Waals surface area (Å²) in [6.45, 7) is 4.30. The Balaban J connectivity index is 0.979. The molecule has 0 saturated carbocycles. The standard InChI is InChI=1S/C31H38N12O4/c32-8-15-46-14-7-25(45)41-10-12-42(13-11-41)31-35-17-21(18-36-31)23(44)4-2-1-3-9-43-29-26(28(33)37-19-38-29)27(40-43)20-5-6-24-22(16-20)39-30(34)47-24/h5-6,16-19H,1-4,7-15,32H2,(H2,34,39)(H2,33,37,38). The molecule has 1 amide bonds. The molecule has 16 nitrogen and oxygen atoms in total. The van der Waals surface area contributed by atoms with Crippen LogP contribution in [0.2, 0.25) is 0 Å². The number of fused-ring (bicyclic) bond motifs is 2. The zero-order valence-corrected chi connectivity index (χ0v) is 26.0. The molecule has 16 heteroatoms. The number of hydrogen-bond donors (Lipinski definition) is 3. The number of Topliss-reactive ketones (excluding diaryl/α,β-unsaturated/α-hetero) is 1. The fourth-order valence-electron chi connectivity index (χ4n) is 5.64. The van der Waals surface area contributed by atoms with Crippen LogP contribution in [0.25, 0.3) is 33.4 Å². The Morgan fingerprint density at radius 1 is 0.936 bits per heavy atom. The predicted molar refractivity (Wildman–Crippen MR) is 175 cm³/mol. The molecule has 5 heterocycles. The largest absolute Gasteiger partial charge is 0.424 e. The molecule has 1 aromatic carbocycles. The molecule has 1 fully saturated rings. The molecule has 0 atom stereocenters. The van der Waals surface area contributed by atoms with Gasteiger partial charge in [0.2, 0.25) is 11.9 Å². The summed E-state index contributed by atoms with van der Waals surface area (Å²) in [6.07, 6.45) is 7.65. The fourth-order valence-corrected chi connectivity index (χ4v) is 5.64. The highest BCUT2D eigenvalue weighted by atomic mass is 16.5. The van der Waals surface area contributed by atoms with Gasteiger partial charge in [0.15, 0.2) is 17.0 Å². The lowest BCUT2D eigenvalue weighted by Gasteiger charge is -2.34. The van der Waals surface area contributed by atoms with Crippen molar-refractivity contribution in [3.05, 3.63) is 42.5 Å². The van der Waals surface area contributed by atoms with Crippen LogP contribution in [-0.4, -0.2) is 97.2 Å². The summed E-state index contributed by atoms with van der Waals surface area (Å²) in [6, 6.07) is 5.62. The van der Waals surface area contributed by atoms with Crippen molar-refractivity contribution >= 4 is 51.6 Å². The van der Waals surface area contributed by atoms with E-state index in [-0.39, 0.29) is 17.7 Å². The first-order chi connectivity index (χ1) is 22.9. The number of ether oxygens (including phenoxy) is 1. The highest BCUT2D eigenvalue weighted by Crippen LogP contribution is 2.32. The van der Waals surface area contributed by atoms with Gasteiger partial charge in [-0.05, 0) is 31.0 Å². The van der Waals surface area contributed by atoms with Crippen molar-refractivity contribution in [1.82, 2.24) is 39.6 Å². The number of rotatable bonds is 14. The van der Waals surface area contributed by atoms with Crippen molar-refractivity contribution in [2.45, 2.75) is 38.6 Å². The number of nitrogens with two attached hydrogens (primary N) is 3. The maximum Gasteiger partial charge on any atom is 0.292 e. The van der Waals surface area contributed by atoms with Crippen LogP contribution in [0.5, 0.6) is 0 Å². The average Bonchev–Trinajstić information content (AvgIpc) is 3.66. The number of nitrogen functional groups attached to an aromatic ring is 2. The van der Waals surface area contributed by atoms with E-state index in [1.54, 1.807) is 18.5 Å². The molecule has 0 radical (unpaired) electrons. The van der Waals surface area contributed by atoms with E-state index in [1.165, 1.54) is 6.33 Å². The molecule has 0 spiro atoms. The smallest absolute Gasteiger partial charge is 0.292 e. The van der Waals surface area contributed by atoms with Gasteiger partial charge in [-0.3, -0.25) is 9.59 Å². The fraction of sp³-hybridized carbons (Fsp3) is 0.419. The van der Waals surface area contributed by atoms with Crippen LogP contribution in [0.3, 0.4) is 0 Å². The van der Waals surface area contributed by atoms with E-state index in [0.717, 1.165) is 18.4 Å². The number of ketones is 1. The van der Waals surface area contributed by atoms with Crippen LogP contribution in [0.4, 0.5) is 17.8 Å². The van der Waals surface area contributed by atoms with Gasteiger partial charge >= 0.3 is 0 Å². The number of carbonyl (C=O) groups excluding carboxylic acids is 2. The van der Waals surface area contributed by atoms with E-state index in [9.17, 15) is 9.59 Å². The maximum absolute atomic E-state index is 12.9. The van der Waals surface area contributed by atoms with Gasteiger partial charge in [0, 0.05) is 63.6 Å². The summed E-state index contributed by atoms with van der Waals surface area (Å²) >= 11 is 0. The second-order valence-corrected chi connectivity index (χ2v) is 11.3. The molecule has 6 rings (SSSR count). The van der Waals surface area contributed by atoms with Crippen molar-refractivity contribution < 1.29 is 18.7 Å². The number of carbonyl (C=O) groups is 2. The predicted octanol–water partition coefficient (Wildman–Crippen LogP) is 2.05. The summed E-state index contributed by atoms with van der Waals surface area (Å²) in [5.74, 6) is 0.963. The van der Waals surface area contributed by atoms with Gasteiger partial charge in [-0.2, -0.15) is 10.1 Å². The minimum Gasteiger partial charge on any atom is -0.424 e. The van der Waals surface area contributed by atoms with Crippen LogP contribution < -0.4 is 22.1 Å². The van der Waals surface area contributed by atoms with Crippen LogP contribution in [0.15, 0.2) is 41.3 Å². The molecule has 0 unspecified atom stereocenters. The lowest BCUT2D eigenvalue weighted by Crippen LogP contribution is -2.49. The zero-order valence-electron chi connectivity index (χ0n) is 26.0. The number of nitrogens with zero attached hydrogens (tertiary/aromatic N) is 9. The molecular weight excluding hydrogens is 604 g/mol. The summed E-state index contributed by atoms with van der Waals surface area (Å²) in [4.78, 5) is 50.8. The second kappa shape index (κ2) is 14.5. The van der Waals surface area contributed by atoms with Crippen LogP contribution in [-0.2, 0) is 16.1 Å². The zero-order chi connectivity index (χ0) is 32.8. The monoisotopic (exact) mass is 642 g/mol.